The second-order valence-corrected chi connectivity index (χ2v) is 7.75. The van der Waals surface area contributed by atoms with E-state index in [9.17, 15) is 22.8 Å². The van der Waals surface area contributed by atoms with Crippen LogP contribution in [0.2, 0.25) is 0 Å². The van der Waals surface area contributed by atoms with Gasteiger partial charge in [-0.3, -0.25) is 19.6 Å². The lowest BCUT2D eigenvalue weighted by Crippen LogP contribution is -2.32. The summed E-state index contributed by atoms with van der Waals surface area (Å²) in [5.74, 6) is -0.842. The first-order valence-corrected chi connectivity index (χ1v) is 9.95. The molecular weight excluding hydrogens is 423 g/mol. The molecule has 3 aromatic heterocycles. The lowest BCUT2D eigenvalue weighted by Gasteiger charge is -2.18. The number of pyridine rings is 3. The minimum Gasteiger partial charge on any atom is -0.348 e. The maximum atomic E-state index is 14.1. The molecule has 1 aliphatic carbocycles. The first-order chi connectivity index (χ1) is 15.2. The van der Waals surface area contributed by atoms with Gasteiger partial charge in [-0.1, -0.05) is 0 Å². The zero-order chi connectivity index (χ0) is 23.0. The Morgan fingerprint density at radius 1 is 1.31 bits per heavy atom. The van der Waals surface area contributed by atoms with Crippen LogP contribution in [-0.2, 0) is 17.4 Å². The Balaban J connectivity index is 1.70. The quantitative estimate of drug-likeness (QED) is 0.630. The minimum atomic E-state index is -4.84. The van der Waals surface area contributed by atoms with E-state index in [0.717, 1.165) is 12.8 Å². The number of fused-ring (bicyclic) bond motifs is 1. The highest BCUT2D eigenvalue weighted by atomic mass is 19.4. The molecule has 3 heterocycles. The highest BCUT2D eigenvalue weighted by molar-refractivity contribution is 5.88. The normalized spacial score (nSPS) is 14.7. The number of amides is 1. The number of aromatic amines is 1. The van der Waals surface area contributed by atoms with Gasteiger partial charge in [-0.2, -0.15) is 18.4 Å². The molecule has 0 bridgehead atoms. The van der Waals surface area contributed by atoms with E-state index in [1.165, 1.54) is 24.5 Å². The van der Waals surface area contributed by atoms with Crippen LogP contribution in [0.1, 0.15) is 59.8 Å². The molecule has 0 spiro atoms. The fourth-order valence-corrected chi connectivity index (χ4v) is 3.71. The van der Waals surface area contributed by atoms with E-state index in [2.05, 4.69) is 20.3 Å². The smallest absolute Gasteiger partial charge is 0.348 e. The number of hydrogen-bond donors (Lipinski definition) is 2. The molecule has 0 saturated heterocycles. The number of nitrogens with zero attached hydrogens (tertiary/aromatic N) is 3. The first-order valence-electron chi connectivity index (χ1n) is 9.95. The van der Waals surface area contributed by atoms with Crippen LogP contribution in [0.15, 0.2) is 35.4 Å². The van der Waals surface area contributed by atoms with Gasteiger partial charge in [-0.25, -0.2) is 0 Å². The Morgan fingerprint density at radius 2 is 2.06 bits per heavy atom. The number of halogens is 3. The standard InChI is InChI=1S/C22H18F3N5O2/c1-11(15-5-2-12(9-26)10-28-15)29-17(31)8-14-19(22(23,24)25)18-16(30-21(14)32)6-7-27-20(18)13-3-4-13/h2,5-7,10-11,13H,3-4,8H2,1H3,(H,29,31)(H,30,32)/t11-/m0/s1. The van der Waals surface area contributed by atoms with Crippen LogP contribution in [0.5, 0.6) is 0 Å². The van der Waals surface area contributed by atoms with Gasteiger partial charge in [0.2, 0.25) is 5.91 Å². The molecule has 1 aliphatic rings. The number of H-pyrrole nitrogens is 1. The molecule has 0 radical (unpaired) electrons. The lowest BCUT2D eigenvalue weighted by atomic mass is 9.97. The number of rotatable bonds is 5. The summed E-state index contributed by atoms with van der Waals surface area (Å²) >= 11 is 0. The van der Waals surface area contributed by atoms with Crippen molar-refractivity contribution in [2.75, 3.05) is 0 Å². The predicted molar refractivity (Wildman–Crippen MR) is 109 cm³/mol. The molecule has 164 valence electrons. The number of nitrogens with one attached hydrogen (secondary N) is 2. The van der Waals surface area contributed by atoms with Gasteiger partial charge in [-0.05, 0) is 38.0 Å². The molecule has 1 saturated carbocycles. The number of alkyl halides is 3. The lowest BCUT2D eigenvalue weighted by molar-refractivity contribution is -0.137. The van der Waals surface area contributed by atoms with Gasteiger partial charge in [-0.15, -0.1) is 0 Å². The third-order valence-corrected chi connectivity index (χ3v) is 5.38. The summed E-state index contributed by atoms with van der Waals surface area (Å²) in [6, 6.07) is 5.69. The largest absolute Gasteiger partial charge is 0.417 e. The van der Waals surface area contributed by atoms with E-state index in [4.69, 9.17) is 5.26 Å². The maximum absolute atomic E-state index is 14.1. The average molecular weight is 441 g/mol. The monoisotopic (exact) mass is 441 g/mol. The van der Waals surface area contributed by atoms with Gasteiger partial charge in [0.1, 0.15) is 6.07 Å². The van der Waals surface area contributed by atoms with Crippen molar-refractivity contribution in [1.82, 2.24) is 20.3 Å². The molecule has 3 aromatic rings. The van der Waals surface area contributed by atoms with Gasteiger partial charge in [0.05, 0.1) is 40.5 Å². The van der Waals surface area contributed by atoms with E-state index in [0.29, 0.717) is 17.0 Å². The third-order valence-electron chi connectivity index (χ3n) is 5.38. The Bertz CT molecular complexity index is 1290. The first kappa shape index (κ1) is 21.5. The van der Waals surface area contributed by atoms with Crippen molar-refractivity contribution in [1.29, 1.82) is 5.26 Å². The van der Waals surface area contributed by atoms with Crippen molar-refractivity contribution in [3.63, 3.8) is 0 Å². The van der Waals surface area contributed by atoms with Gasteiger partial charge in [0.25, 0.3) is 5.56 Å². The Morgan fingerprint density at radius 3 is 2.66 bits per heavy atom. The zero-order valence-electron chi connectivity index (χ0n) is 17.0. The Labute approximate surface area is 180 Å². The molecule has 7 nitrogen and oxygen atoms in total. The van der Waals surface area contributed by atoms with E-state index < -0.39 is 41.2 Å². The van der Waals surface area contributed by atoms with Crippen molar-refractivity contribution in [3.05, 3.63) is 69.0 Å². The second kappa shape index (κ2) is 8.07. The third kappa shape index (κ3) is 4.19. The summed E-state index contributed by atoms with van der Waals surface area (Å²) in [4.78, 5) is 35.8. The molecule has 1 fully saturated rings. The van der Waals surface area contributed by atoms with Crippen molar-refractivity contribution >= 4 is 16.8 Å². The van der Waals surface area contributed by atoms with Crippen LogP contribution in [0.4, 0.5) is 13.2 Å². The second-order valence-electron chi connectivity index (χ2n) is 7.75. The number of carbonyl (C=O) groups is 1. The molecule has 1 atom stereocenters. The molecule has 0 aromatic carbocycles. The molecule has 2 N–H and O–H groups in total. The van der Waals surface area contributed by atoms with Crippen molar-refractivity contribution in [3.8, 4) is 6.07 Å². The van der Waals surface area contributed by atoms with Crippen LogP contribution in [0, 0.1) is 11.3 Å². The number of aromatic nitrogens is 3. The molecule has 0 unspecified atom stereocenters. The fourth-order valence-electron chi connectivity index (χ4n) is 3.71. The minimum absolute atomic E-state index is 0.0542. The molecule has 0 aliphatic heterocycles. The van der Waals surface area contributed by atoms with Crippen LogP contribution in [0.25, 0.3) is 10.9 Å². The van der Waals surface area contributed by atoms with Crippen molar-refractivity contribution in [2.45, 2.75) is 44.3 Å². The molecular formula is C22H18F3N5O2. The van der Waals surface area contributed by atoms with Crippen molar-refractivity contribution < 1.29 is 18.0 Å². The molecule has 4 rings (SSSR count). The number of hydrogen-bond acceptors (Lipinski definition) is 5. The Kier molecular flexibility index (Phi) is 5.42. The molecule has 1 amide bonds. The summed E-state index contributed by atoms with van der Waals surface area (Å²) in [5, 5.41) is 11.3. The van der Waals surface area contributed by atoms with E-state index in [-0.39, 0.29) is 16.8 Å². The summed E-state index contributed by atoms with van der Waals surface area (Å²) in [7, 11) is 0. The van der Waals surface area contributed by atoms with Crippen LogP contribution < -0.4 is 10.9 Å². The predicted octanol–water partition coefficient (Wildman–Crippen LogP) is 3.51. The average Bonchev–Trinajstić information content (AvgIpc) is 3.58. The number of nitriles is 1. The topological polar surface area (TPSA) is 112 Å². The van der Waals surface area contributed by atoms with Gasteiger partial charge in [0.15, 0.2) is 0 Å². The van der Waals surface area contributed by atoms with Gasteiger partial charge < -0.3 is 10.3 Å². The summed E-state index contributed by atoms with van der Waals surface area (Å²) in [6.07, 6.45) is -1.42. The highest BCUT2D eigenvalue weighted by Gasteiger charge is 2.40. The van der Waals surface area contributed by atoms with Gasteiger partial charge >= 0.3 is 6.18 Å². The summed E-state index contributed by atoms with van der Waals surface area (Å²) < 4.78 is 42.4. The summed E-state index contributed by atoms with van der Waals surface area (Å²) in [6.45, 7) is 1.61. The summed E-state index contributed by atoms with van der Waals surface area (Å²) in [5.41, 5.74) is -1.59. The molecule has 32 heavy (non-hydrogen) atoms. The maximum Gasteiger partial charge on any atom is 0.417 e. The van der Waals surface area contributed by atoms with Crippen molar-refractivity contribution in [2.24, 2.45) is 0 Å². The van der Waals surface area contributed by atoms with Gasteiger partial charge in [0, 0.05) is 29.3 Å². The van der Waals surface area contributed by atoms with Crippen LogP contribution in [-0.4, -0.2) is 20.9 Å². The Hall–Kier alpha value is -3.74. The molecule has 10 heteroatoms. The highest BCUT2D eigenvalue weighted by Crippen LogP contribution is 2.45. The number of carbonyl (C=O) groups excluding carboxylic acids is 1. The van der Waals surface area contributed by atoms with E-state index >= 15 is 0 Å². The fraction of sp³-hybridized carbons (Fsp3) is 0.318. The van der Waals surface area contributed by atoms with E-state index in [1.807, 2.05) is 6.07 Å². The zero-order valence-corrected chi connectivity index (χ0v) is 17.0. The van der Waals surface area contributed by atoms with Crippen LogP contribution in [0.3, 0.4) is 0 Å². The van der Waals surface area contributed by atoms with Crippen LogP contribution >= 0.6 is 0 Å². The van der Waals surface area contributed by atoms with E-state index in [1.54, 1.807) is 13.0 Å². The SMILES string of the molecule is C[C@H](NC(=O)Cc1c(C(F)(F)F)c2c(C3CC3)nccc2[nH]c1=O)c1ccc(C#N)cn1.